The Kier molecular flexibility index (Phi) is 5.64. The summed E-state index contributed by atoms with van der Waals surface area (Å²) in [7, 11) is 1.36. The number of halogens is 1. The van der Waals surface area contributed by atoms with Gasteiger partial charge in [-0.3, -0.25) is 0 Å². The molecule has 21 heavy (non-hydrogen) atoms. The highest BCUT2D eigenvalue weighted by molar-refractivity contribution is 6.33. The van der Waals surface area contributed by atoms with Crippen molar-refractivity contribution in [1.29, 1.82) is 0 Å². The van der Waals surface area contributed by atoms with Gasteiger partial charge >= 0.3 is 5.97 Å². The Bertz CT molecular complexity index is 599. The molecule has 0 amide bonds. The number of anilines is 1. The lowest BCUT2D eigenvalue weighted by atomic mass is 10.1. The Morgan fingerprint density at radius 3 is 2.67 bits per heavy atom. The van der Waals surface area contributed by atoms with Gasteiger partial charge in [0, 0.05) is 6.54 Å². The molecule has 1 N–H and O–H groups in total. The smallest absolute Gasteiger partial charge is 0.337 e. The van der Waals surface area contributed by atoms with Crippen molar-refractivity contribution in [2.24, 2.45) is 0 Å². The van der Waals surface area contributed by atoms with E-state index in [1.807, 2.05) is 18.2 Å². The Labute approximate surface area is 129 Å². The van der Waals surface area contributed by atoms with Crippen molar-refractivity contribution >= 4 is 23.3 Å². The fraction of sp³-hybridized carbons (Fsp3) is 0.235. The lowest BCUT2D eigenvalue weighted by molar-refractivity contribution is 0.0601. The van der Waals surface area contributed by atoms with E-state index in [1.54, 1.807) is 18.2 Å². The molecule has 0 bridgehead atoms. The molecule has 0 atom stereocenters. The van der Waals surface area contributed by atoms with E-state index in [2.05, 4.69) is 17.4 Å². The number of aryl methyl sites for hydroxylation is 1. The monoisotopic (exact) mass is 303 g/mol. The first-order chi connectivity index (χ1) is 10.2. The SMILES string of the molecule is COC(=O)c1ccc(Cl)c(NCCCc2ccccc2)c1. The fourth-order valence-corrected chi connectivity index (χ4v) is 2.25. The zero-order valence-electron chi connectivity index (χ0n) is 11.9. The van der Waals surface area contributed by atoms with E-state index in [9.17, 15) is 4.79 Å². The third kappa shape index (κ3) is 4.50. The average molecular weight is 304 g/mol. The molecule has 2 rings (SSSR count). The lowest BCUT2D eigenvalue weighted by Crippen LogP contribution is -2.06. The molecule has 0 unspecified atom stereocenters. The quantitative estimate of drug-likeness (QED) is 0.643. The minimum Gasteiger partial charge on any atom is -0.465 e. The van der Waals surface area contributed by atoms with E-state index in [1.165, 1.54) is 12.7 Å². The summed E-state index contributed by atoms with van der Waals surface area (Å²) in [4.78, 5) is 11.5. The summed E-state index contributed by atoms with van der Waals surface area (Å²) in [5, 5.41) is 3.86. The highest BCUT2D eigenvalue weighted by Gasteiger charge is 2.08. The van der Waals surface area contributed by atoms with Gasteiger partial charge in [-0.25, -0.2) is 4.79 Å². The second-order valence-electron chi connectivity index (χ2n) is 4.70. The van der Waals surface area contributed by atoms with E-state index in [0.717, 1.165) is 25.1 Å². The molecule has 0 aliphatic heterocycles. The highest BCUT2D eigenvalue weighted by atomic mass is 35.5. The van der Waals surface area contributed by atoms with Gasteiger partial charge < -0.3 is 10.1 Å². The molecule has 110 valence electrons. The van der Waals surface area contributed by atoms with Crippen LogP contribution in [0.25, 0.3) is 0 Å². The van der Waals surface area contributed by atoms with Crippen LogP contribution >= 0.6 is 11.6 Å². The number of hydrogen-bond acceptors (Lipinski definition) is 3. The normalized spacial score (nSPS) is 10.2. The van der Waals surface area contributed by atoms with Crippen molar-refractivity contribution < 1.29 is 9.53 Å². The van der Waals surface area contributed by atoms with Crippen LogP contribution in [-0.2, 0) is 11.2 Å². The van der Waals surface area contributed by atoms with E-state index < -0.39 is 0 Å². The summed E-state index contributed by atoms with van der Waals surface area (Å²) < 4.78 is 4.70. The lowest BCUT2D eigenvalue weighted by Gasteiger charge is -2.10. The van der Waals surface area contributed by atoms with Gasteiger partial charge in [-0.1, -0.05) is 41.9 Å². The standard InChI is InChI=1S/C17H18ClNO2/c1-21-17(20)14-9-10-15(18)16(12-14)19-11-5-8-13-6-3-2-4-7-13/h2-4,6-7,9-10,12,19H,5,8,11H2,1H3. The molecule has 0 saturated carbocycles. The fourth-order valence-electron chi connectivity index (χ4n) is 2.07. The molecular weight excluding hydrogens is 286 g/mol. The zero-order valence-corrected chi connectivity index (χ0v) is 12.7. The van der Waals surface area contributed by atoms with Crippen LogP contribution in [0.3, 0.4) is 0 Å². The van der Waals surface area contributed by atoms with Crippen LogP contribution in [0.15, 0.2) is 48.5 Å². The topological polar surface area (TPSA) is 38.3 Å². The van der Waals surface area contributed by atoms with Gasteiger partial charge in [-0.15, -0.1) is 0 Å². The molecule has 0 fully saturated rings. The molecule has 4 heteroatoms. The predicted octanol–water partition coefficient (Wildman–Crippen LogP) is 4.17. The maximum atomic E-state index is 11.5. The number of esters is 1. The van der Waals surface area contributed by atoms with Crippen LogP contribution < -0.4 is 5.32 Å². The summed E-state index contributed by atoms with van der Waals surface area (Å²) in [5.41, 5.74) is 2.56. The van der Waals surface area contributed by atoms with Crippen molar-refractivity contribution in [2.45, 2.75) is 12.8 Å². The Morgan fingerprint density at radius 2 is 1.95 bits per heavy atom. The number of rotatable bonds is 6. The van der Waals surface area contributed by atoms with Gasteiger partial charge in [-0.05, 0) is 36.6 Å². The van der Waals surface area contributed by atoms with Gasteiger partial charge in [0.05, 0.1) is 23.4 Å². The van der Waals surface area contributed by atoms with Crippen molar-refractivity contribution in [3.05, 3.63) is 64.7 Å². The second-order valence-corrected chi connectivity index (χ2v) is 5.11. The third-order valence-corrected chi connectivity index (χ3v) is 3.52. The van der Waals surface area contributed by atoms with Gasteiger partial charge in [0.2, 0.25) is 0 Å². The molecule has 0 aliphatic rings. The number of benzene rings is 2. The third-order valence-electron chi connectivity index (χ3n) is 3.19. The predicted molar refractivity (Wildman–Crippen MR) is 86.0 cm³/mol. The number of ether oxygens (including phenoxy) is 1. The molecule has 0 heterocycles. The highest BCUT2D eigenvalue weighted by Crippen LogP contribution is 2.23. The van der Waals surface area contributed by atoms with Crippen LogP contribution in [0.4, 0.5) is 5.69 Å². The van der Waals surface area contributed by atoms with Crippen molar-refractivity contribution in [2.75, 3.05) is 19.0 Å². The Morgan fingerprint density at radius 1 is 1.19 bits per heavy atom. The summed E-state index contributed by atoms with van der Waals surface area (Å²) >= 11 is 6.13. The number of hydrogen-bond donors (Lipinski definition) is 1. The molecule has 2 aromatic carbocycles. The first-order valence-corrected chi connectivity index (χ1v) is 7.24. The molecule has 0 spiro atoms. The van der Waals surface area contributed by atoms with Crippen LogP contribution in [0.2, 0.25) is 5.02 Å². The van der Waals surface area contributed by atoms with Gasteiger partial charge in [-0.2, -0.15) is 0 Å². The molecule has 0 aromatic heterocycles. The zero-order chi connectivity index (χ0) is 15.1. The van der Waals surface area contributed by atoms with Crippen molar-refractivity contribution in [1.82, 2.24) is 0 Å². The molecule has 2 aromatic rings. The number of methoxy groups -OCH3 is 1. The van der Waals surface area contributed by atoms with Crippen LogP contribution in [-0.4, -0.2) is 19.6 Å². The van der Waals surface area contributed by atoms with Gasteiger partial charge in [0.15, 0.2) is 0 Å². The Hall–Kier alpha value is -2.00. The van der Waals surface area contributed by atoms with Crippen LogP contribution in [0.1, 0.15) is 22.3 Å². The average Bonchev–Trinajstić information content (AvgIpc) is 2.53. The molecular formula is C17H18ClNO2. The minimum absolute atomic E-state index is 0.362. The van der Waals surface area contributed by atoms with Crippen LogP contribution in [0.5, 0.6) is 0 Å². The van der Waals surface area contributed by atoms with E-state index in [-0.39, 0.29) is 5.97 Å². The van der Waals surface area contributed by atoms with E-state index >= 15 is 0 Å². The summed E-state index contributed by atoms with van der Waals surface area (Å²) in [6.07, 6.45) is 1.99. The maximum Gasteiger partial charge on any atom is 0.337 e. The Balaban J connectivity index is 1.89. The summed E-state index contributed by atoms with van der Waals surface area (Å²) in [6, 6.07) is 15.4. The maximum absolute atomic E-state index is 11.5. The number of nitrogens with one attached hydrogen (secondary N) is 1. The van der Waals surface area contributed by atoms with Crippen molar-refractivity contribution in [3.8, 4) is 0 Å². The first-order valence-electron chi connectivity index (χ1n) is 6.86. The first kappa shape index (κ1) is 15.4. The largest absolute Gasteiger partial charge is 0.465 e. The molecule has 0 saturated heterocycles. The van der Waals surface area contributed by atoms with Crippen molar-refractivity contribution in [3.63, 3.8) is 0 Å². The van der Waals surface area contributed by atoms with E-state index in [4.69, 9.17) is 16.3 Å². The number of carbonyl (C=O) groups is 1. The van der Waals surface area contributed by atoms with Crippen LogP contribution in [0, 0.1) is 0 Å². The number of carbonyl (C=O) groups excluding carboxylic acids is 1. The van der Waals surface area contributed by atoms with E-state index in [0.29, 0.717) is 10.6 Å². The summed E-state index contributed by atoms with van der Waals surface area (Å²) in [5.74, 6) is -0.362. The second kappa shape index (κ2) is 7.70. The van der Waals surface area contributed by atoms with Gasteiger partial charge in [0.1, 0.15) is 0 Å². The van der Waals surface area contributed by atoms with Gasteiger partial charge in [0.25, 0.3) is 0 Å². The summed E-state index contributed by atoms with van der Waals surface area (Å²) in [6.45, 7) is 0.791. The molecule has 0 radical (unpaired) electrons. The minimum atomic E-state index is -0.362. The molecule has 0 aliphatic carbocycles. The molecule has 3 nitrogen and oxygen atoms in total.